The maximum absolute atomic E-state index is 12.0. The highest BCUT2D eigenvalue weighted by Crippen LogP contribution is 2.20. The van der Waals surface area contributed by atoms with Gasteiger partial charge in [0.15, 0.2) is 0 Å². The van der Waals surface area contributed by atoms with Crippen LogP contribution in [0.2, 0.25) is 0 Å². The Balaban J connectivity index is 2.29. The predicted octanol–water partition coefficient (Wildman–Crippen LogP) is 2.02. The first-order valence-corrected chi connectivity index (χ1v) is 5.85. The smallest absolute Gasteiger partial charge is 0.345 e. The Hall–Kier alpha value is -3.13. The molecule has 3 aromatic rings. The number of aromatic amines is 1. The molecule has 1 aromatic carbocycles. The lowest BCUT2D eigenvalue weighted by atomic mass is 10.0. The SMILES string of the molecule is N#Cc1cccc(-c2cc3ccc(=O)[nH]c3oc2=O)c1. The molecule has 20 heavy (non-hydrogen) atoms. The van der Waals surface area contributed by atoms with E-state index in [4.69, 9.17) is 9.68 Å². The highest BCUT2D eigenvalue weighted by Gasteiger charge is 2.08. The monoisotopic (exact) mass is 264 g/mol. The van der Waals surface area contributed by atoms with Crippen molar-refractivity contribution in [1.29, 1.82) is 5.26 Å². The lowest BCUT2D eigenvalue weighted by Crippen LogP contribution is -2.08. The standard InChI is InChI=1S/C15H8N2O3/c16-8-9-2-1-3-10(6-9)12-7-11-4-5-13(18)17-14(11)20-15(12)19/h1-7H,(H,17,18). The Kier molecular flexibility index (Phi) is 2.70. The lowest BCUT2D eigenvalue weighted by molar-refractivity contribution is 0.551. The molecule has 3 rings (SSSR count). The fourth-order valence-corrected chi connectivity index (χ4v) is 1.98. The quantitative estimate of drug-likeness (QED) is 0.728. The zero-order valence-corrected chi connectivity index (χ0v) is 10.2. The summed E-state index contributed by atoms with van der Waals surface area (Å²) in [5, 5.41) is 9.50. The Morgan fingerprint density at radius 3 is 2.75 bits per heavy atom. The topological polar surface area (TPSA) is 86.9 Å². The molecule has 2 aromatic heterocycles. The minimum Gasteiger partial charge on any atom is -0.405 e. The highest BCUT2D eigenvalue weighted by atomic mass is 16.4. The van der Waals surface area contributed by atoms with Gasteiger partial charge in [0.2, 0.25) is 5.71 Å². The number of H-pyrrole nitrogens is 1. The van der Waals surface area contributed by atoms with Gasteiger partial charge >= 0.3 is 5.63 Å². The molecule has 0 unspecified atom stereocenters. The molecule has 0 bridgehead atoms. The van der Waals surface area contributed by atoms with Gasteiger partial charge in [-0.15, -0.1) is 0 Å². The van der Waals surface area contributed by atoms with Crippen molar-refractivity contribution in [1.82, 2.24) is 4.98 Å². The molecule has 0 spiro atoms. The molecular formula is C15H8N2O3. The zero-order chi connectivity index (χ0) is 14.1. The van der Waals surface area contributed by atoms with Crippen molar-refractivity contribution in [3.63, 3.8) is 0 Å². The molecule has 2 heterocycles. The second-order valence-electron chi connectivity index (χ2n) is 4.25. The number of pyridine rings is 1. The van der Waals surface area contributed by atoms with E-state index < -0.39 is 5.63 Å². The van der Waals surface area contributed by atoms with Crippen molar-refractivity contribution in [2.45, 2.75) is 0 Å². The third-order valence-electron chi connectivity index (χ3n) is 2.93. The zero-order valence-electron chi connectivity index (χ0n) is 10.2. The van der Waals surface area contributed by atoms with E-state index in [1.807, 2.05) is 6.07 Å². The van der Waals surface area contributed by atoms with E-state index >= 15 is 0 Å². The van der Waals surface area contributed by atoms with Crippen LogP contribution in [-0.4, -0.2) is 4.98 Å². The van der Waals surface area contributed by atoms with Crippen LogP contribution in [0.5, 0.6) is 0 Å². The molecule has 0 amide bonds. The third-order valence-corrected chi connectivity index (χ3v) is 2.93. The van der Waals surface area contributed by atoms with Crippen LogP contribution in [0, 0.1) is 11.3 Å². The molecule has 0 atom stereocenters. The van der Waals surface area contributed by atoms with E-state index in [2.05, 4.69) is 4.98 Å². The normalized spacial score (nSPS) is 10.3. The van der Waals surface area contributed by atoms with Crippen molar-refractivity contribution >= 4 is 11.1 Å². The van der Waals surface area contributed by atoms with Crippen LogP contribution in [0.15, 0.2) is 56.5 Å². The summed E-state index contributed by atoms with van der Waals surface area (Å²) in [5.41, 5.74) is 0.660. The van der Waals surface area contributed by atoms with Gasteiger partial charge in [0.25, 0.3) is 5.56 Å². The van der Waals surface area contributed by atoms with Gasteiger partial charge in [-0.3, -0.25) is 9.78 Å². The first kappa shape index (κ1) is 11.9. The number of aromatic nitrogens is 1. The Labute approximate surface area is 112 Å². The van der Waals surface area contributed by atoms with Crippen molar-refractivity contribution in [3.05, 3.63) is 68.8 Å². The van der Waals surface area contributed by atoms with Gasteiger partial charge in [0.05, 0.1) is 17.2 Å². The first-order valence-electron chi connectivity index (χ1n) is 5.85. The largest absolute Gasteiger partial charge is 0.405 e. The van der Waals surface area contributed by atoms with Crippen LogP contribution in [0.25, 0.3) is 22.2 Å². The van der Waals surface area contributed by atoms with Crippen LogP contribution >= 0.6 is 0 Å². The van der Waals surface area contributed by atoms with Crippen molar-refractivity contribution in [3.8, 4) is 17.2 Å². The van der Waals surface area contributed by atoms with E-state index in [1.165, 1.54) is 6.07 Å². The van der Waals surface area contributed by atoms with E-state index in [1.54, 1.807) is 36.4 Å². The minimum atomic E-state index is -0.561. The summed E-state index contributed by atoms with van der Waals surface area (Å²) in [5.74, 6) is 0. The summed E-state index contributed by atoms with van der Waals surface area (Å²) in [6.07, 6.45) is 0. The predicted molar refractivity (Wildman–Crippen MR) is 73.3 cm³/mol. The molecular weight excluding hydrogens is 256 g/mol. The van der Waals surface area contributed by atoms with E-state index in [-0.39, 0.29) is 11.3 Å². The van der Waals surface area contributed by atoms with Gasteiger partial charge in [0.1, 0.15) is 0 Å². The van der Waals surface area contributed by atoms with Crippen molar-refractivity contribution in [2.24, 2.45) is 0 Å². The van der Waals surface area contributed by atoms with Crippen molar-refractivity contribution < 1.29 is 4.42 Å². The van der Waals surface area contributed by atoms with Gasteiger partial charge in [-0.2, -0.15) is 5.26 Å². The van der Waals surface area contributed by atoms with E-state index in [0.29, 0.717) is 22.1 Å². The van der Waals surface area contributed by atoms with Gasteiger partial charge in [0, 0.05) is 11.5 Å². The fourth-order valence-electron chi connectivity index (χ4n) is 1.98. The summed E-state index contributed by atoms with van der Waals surface area (Å²) in [7, 11) is 0. The summed E-state index contributed by atoms with van der Waals surface area (Å²) in [4.78, 5) is 25.6. The number of hydrogen-bond acceptors (Lipinski definition) is 4. The maximum atomic E-state index is 12.0. The highest BCUT2D eigenvalue weighted by molar-refractivity contribution is 5.79. The van der Waals surface area contributed by atoms with Crippen LogP contribution in [-0.2, 0) is 0 Å². The number of nitrogens with zero attached hydrogens (tertiary/aromatic N) is 1. The number of nitrogens with one attached hydrogen (secondary N) is 1. The summed E-state index contributed by atoms with van der Waals surface area (Å²) < 4.78 is 5.11. The fraction of sp³-hybridized carbons (Fsp3) is 0. The van der Waals surface area contributed by atoms with Gasteiger partial charge in [-0.05, 0) is 29.8 Å². The van der Waals surface area contributed by atoms with Gasteiger partial charge in [-0.25, -0.2) is 4.79 Å². The summed E-state index contributed by atoms with van der Waals surface area (Å²) in [6.45, 7) is 0. The molecule has 1 N–H and O–H groups in total. The molecule has 5 nitrogen and oxygen atoms in total. The molecule has 0 saturated carbocycles. The van der Waals surface area contributed by atoms with E-state index in [0.717, 1.165) is 0 Å². The number of benzene rings is 1. The Morgan fingerprint density at radius 1 is 1.10 bits per heavy atom. The number of fused-ring (bicyclic) bond motifs is 1. The maximum Gasteiger partial charge on any atom is 0.345 e. The van der Waals surface area contributed by atoms with Crippen LogP contribution in [0.4, 0.5) is 0 Å². The molecule has 96 valence electrons. The first-order chi connectivity index (χ1) is 9.67. The van der Waals surface area contributed by atoms with Crippen LogP contribution < -0.4 is 11.2 Å². The van der Waals surface area contributed by atoms with Crippen molar-refractivity contribution in [2.75, 3.05) is 0 Å². The number of nitriles is 1. The third kappa shape index (κ3) is 1.99. The average Bonchev–Trinajstić information content (AvgIpc) is 2.46. The summed E-state index contributed by atoms with van der Waals surface area (Å²) in [6, 6.07) is 13.3. The molecule has 0 radical (unpaired) electrons. The molecule has 0 fully saturated rings. The Morgan fingerprint density at radius 2 is 1.95 bits per heavy atom. The Bertz CT molecular complexity index is 961. The molecule has 0 aliphatic heterocycles. The van der Waals surface area contributed by atoms with Crippen LogP contribution in [0.1, 0.15) is 5.56 Å². The van der Waals surface area contributed by atoms with E-state index in [9.17, 15) is 9.59 Å². The lowest BCUT2D eigenvalue weighted by Gasteiger charge is -2.02. The molecule has 5 heteroatoms. The molecule has 0 aliphatic carbocycles. The van der Waals surface area contributed by atoms with Gasteiger partial charge in [-0.1, -0.05) is 12.1 Å². The minimum absolute atomic E-state index is 0.141. The van der Waals surface area contributed by atoms with Crippen LogP contribution in [0.3, 0.4) is 0 Å². The summed E-state index contributed by atoms with van der Waals surface area (Å²) >= 11 is 0. The molecule has 0 saturated heterocycles. The van der Waals surface area contributed by atoms with Gasteiger partial charge < -0.3 is 4.42 Å². The number of rotatable bonds is 1. The second-order valence-corrected chi connectivity index (χ2v) is 4.25. The number of hydrogen-bond donors (Lipinski definition) is 1. The average molecular weight is 264 g/mol. The molecule has 0 aliphatic rings. The second kappa shape index (κ2) is 4.52.